The zero-order valence-corrected chi connectivity index (χ0v) is 18.1. The molecule has 0 radical (unpaired) electrons. The van der Waals surface area contributed by atoms with Crippen LogP contribution in [0.25, 0.3) is 11.2 Å². The molecule has 0 spiro atoms. The Morgan fingerprint density at radius 1 is 1.21 bits per heavy atom. The third-order valence-corrected chi connectivity index (χ3v) is 6.18. The normalized spacial score (nSPS) is 24.2. The molecule has 1 aromatic carbocycles. The lowest BCUT2D eigenvalue weighted by Gasteiger charge is -2.17. The number of aromatic nitrogens is 4. The second-order valence-electron chi connectivity index (χ2n) is 7.74. The number of hydrogen-bond donors (Lipinski definition) is 6. The second kappa shape index (κ2) is 9.17. The molecule has 0 bridgehead atoms. The van der Waals surface area contributed by atoms with Crippen LogP contribution in [0.5, 0.6) is 5.75 Å². The molecule has 3 aromatic rings. The van der Waals surface area contributed by atoms with E-state index >= 15 is 0 Å². The number of aliphatic hydroxyl groups excluding tert-OH is 3. The Labute approximate surface area is 188 Å². The van der Waals surface area contributed by atoms with Gasteiger partial charge >= 0.3 is 0 Å². The predicted molar refractivity (Wildman–Crippen MR) is 115 cm³/mol. The number of ether oxygens (including phenoxy) is 1. The summed E-state index contributed by atoms with van der Waals surface area (Å²) < 4.78 is 29.6. The number of primary sulfonamides is 1. The smallest absolute Gasteiger partial charge is 0.209 e. The summed E-state index contributed by atoms with van der Waals surface area (Å²) in [6.45, 7) is 0.0688. The van der Waals surface area contributed by atoms with Crippen molar-refractivity contribution in [1.29, 1.82) is 0 Å². The largest absolute Gasteiger partial charge is 0.508 e. The first-order valence-corrected chi connectivity index (χ1v) is 11.8. The van der Waals surface area contributed by atoms with Crippen LogP contribution in [-0.4, -0.2) is 79.0 Å². The van der Waals surface area contributed by atoms with E-state index < -0.39 is 46.4 Å². The number of imidazole rings is 1. The molecular formula is C19H24N6O7S. The van der Waals surface area contributed by atoms with Gasteiger partial charge in [-0.2, -0.15) is 0 Å². The lowest BCUT2D eigenvalue weighted by atomic mass is 10.1. The van der Waals surface area contributed by atoms with Crippen LogP contribution in [0.1, 0.15) is 24.3 Å². The number of nitrogens with zero attached hydrogens (tertiary/aromatic N) is 4. The molecule has 178 valence electrons. The molecule has 0 unspecified atom stereocenters. The zero-order chi connectivity index (χ0) is 23.8. The van der Waals surface area contributed by atoms with Gasteiger partial charge in [0.25, 0.3) is 0 Å². The van der Waals surface area contributed by atoms with Crippen molar-refractivity contribution >= 4 is 27.0 Å². The molecule has 4 rings (SSSR count). The van der Waals surface area contributed by atoms with Crippen LogP contribution in [-0.2, 0) is 14.8 Å². The molecule has 0 amide bonds. The highest BCUT2D eigenvalue weighted by atomic mass is 32.2. The summed E-state index contributed by atoms with van der Waals surface area (Å²) in [5.74, 6) is -0.0532. The van der Waals surface area contributed by atoms with Crippen molar-refractivity contribution in [2.75, 3.05) is 17.6 Å². The third kappa shape index (κ3) is 5.05. The summed E-state index contributed by atoms with van der Waals surface area (Å²) in [6, 6.07) is 6.25. The zero-order valence-electron chi connectivity index (χ0n) is 17.3. The molecule has 33 heavy (non-hydrogen) atoms. The van der Waals surface area contributed by atoms with Crippen molar-refractivity contribution in [3.63, 3.8) is 0 Å². The van der Waals surface area contributed by atoms with Crippen LogP contribution in [0, 0.1) is 0 Å². The van der Waals surface area contributed by atoms with Crippen molar-refractivity contribution in [2.45, 2.75) is 37.1 Å². The molecule has 3 heterocycles. The standard InChI is InChI=1S/C19H24N6O7S/c20-33(30,31)5-4-13-15(28)16(29)19(32-13)25-9-24-14-17(22-8-23-18(14)25)21-7-12(27)10-2-1-3-11(26)6-10/h1-3,6,8-9,12-13,15-16,19,26-29H,4-5,7H2,(H2,20,30,31)(H,21,22,23)/t12-,13+,15+,16+,19+/m0/s1. The van der Waals surface area contributed by atoms with Crippen molar-refractivity contribution in [3.8, 4) is 5.75 Å². The van der Waals surface area contributed by atoms with E-state index in [-0.39, 0.29) is 18.7 Å². The van der Waals surface area contributed by atoms with Crippen molar-refractivity contribution < 1.29 is 33.6 Å². The van der Waals surface area contributed by atoms with Gasteiger partial charge in [0.05, 0.1) is 24.3 Å². The summed E-state index contributed by atoms with van der Waals surface area (Å²) in [4.78, 5) is 12.6. The fraction of sp³-hybridized carbons (Fsp3) is 0.421. The summed E-state index contributed by atoms with van der Waals surface area (Å²) in [6.07, 6.45) is -3.08. The number of aromatic hydroxyl groups is 1. The first kappa shape index (κ1) is 23.3. The van der Waals surface area contributed by atoms with E-state index in [1.807, 2.05) is 0 Å². The van der Waals surface area contributed by atoms with Crippen LogP contribution in [0.15, 0.2) is 36.9 Å². The van der Waals surface area contributed by atoms with Gasteiger partial charge < -0.3 is 30.5 Å². The van der Waals surface area contributed by atoms with Gasteiger partial charge in [0.2, 0.25) is 10.0 Å². The molecule has 1 aliphatic rings. The monoisotopic (exact) mass is 480 g/mol. The number of phenols is 1. The molecule has 7 N–H and O–H groups in total. The molecule has 2 aromatic heterocycles. The molecule has 1 aliphatic heterocycles. The fourth-order valence-electron chi connectivity index (χ4n) is 3.69. The average molecular weight is 481 g/mol. The van der Waals surface area contributed by atoms with Gasteiger partial charge in [-0.05, 0) is 24.1 Å². The quantitative estimate of drug-likeness (QED) is 0.230. The molecule has 5 atom stereocenters. The summed E-state index contributed by atoms with van der Waals surface area (Å²) >= 11 is 0. The minimum atomic E-state index is -3.76. The highest BCUT2D eigenvalue weighted by Gasteiger charge is 2.44. The van der Waals surface area contributed by atoms with Crippen LogP contribution < -0.4 is 10.5 Å². The summed E-state index contributed by atoms with van der Waals surface area (Å²) in [7, 11) is -3.76. The average Bonchev–Trinajstić information content (AvgIpc) is 3.31. The Balaban J connectivity index is 1.51. The number of aliphatic hydroxyl groups is 3. The van der Waals surface area contributed by atoms with Gasteiger partial charge in [-0.25, -0.2) is 28.5 Å². The van der Waals surface area contributed by atoms with E-state index in [4.69, 9.17) is 9.88 Å². The molecule has 1 saturated heterocycles. The van der Waals surface area contributed by atoms with E-state index in [0.717, 1.165) is 0 Å². The SMILES string of the molecule is NS(=O)(=O)CC[C@H]1O[C@@H](n2cnc3c(NC[C@H](O)c4cccc(O)c4)ncnc32)[C@H](O)[C@@H]1O. The lowest BCUT2D eigenvalue weighted by Crippen LogP contribution is -2.33. The molecule has 0 saturated carbocycles. The van der Waals surface area contributed by atoms with E-state index in [1.165, 1.54) is 29.4 Å². The number of rotatable bonds is 8. The van der Waals surface area contributed by atoms with Gasteiger partial charge in [0.15, 0.2) is 23.2 Å². The first-order valence-electron chi connectivity index (χ1n) is 10.0. The number of nitrogens with one attached hydrogen (secondary N) is 1. The fourth-order valence-corrected chi connectivity index (χ4v) is 4.25. The van der Waals surface area contributed by atoms with Gasteiger partial charge in [0, 0.05) is 6.54 Å². The highest BCUT2D eigenvalue weighted by Crippen LogP contribution is 2.33. The van der Waals surface area contributed by atoms with Crippen LogP contribution >= 0.6 is 0 Å². The third-order valence-electron chi connectivity index (χ3n) is 5.37. The van der Waals surface area contributed by atoms with Crippen LogP contribution in [0.4, 0.5) is 5.82 Å². The van der Waals surface area contributed by atoms with E-state index in [0.29, 0.717) is 22.5 Å². The Hall–Kier alpha value is -2.88. The van der Waals surface area contributed by atoms with Gasteiger partial charge in [0.1, 0.15) is 24.3 Å². The minimum absolute atomic E-state index is 0.0365. The molecule has 1 fully saturated rings. The number of anilines is 1. The van der Waals surface area contributed by atoms with E-state index in [1.54, 1.807) is 12.1 Å². The van der Waals surface area contributed by atoms with Gasteiger partial charge in [-0.3, -0.25) is 4.57 Å². The topological polar surface area (TPSA) is 206 Å². The highest BCUT2D eigenvalue weighted by molar-refractivity contribution is 7.89. The maximum Gasteiger partial charge on any atom is 0.209 e. The Bertz CT molecular complexity index is 1240. The Morgan fingerprint density at radius 2 is 2.00 bits per heavy atom. The van der Waals surface area contributed by atoms with Crippen molar-refractivity contribution in [1.82, 2.24) is 19.5 Å². The maximum atomic E-state index is 11.2. The number of phenolic OH excluding ortho intramolecular Hbond substituents is 1. The molecule has 14 heteroatoms. The molecule has 0 aliphatic carbocycles. The van der Waals surface area contributed by atoms with E-state index in [9.17, 15) is 28.8 Å². The predicted octanol–water partition coefficient (Wildman–Crippen LogP) is -1.02. The van der Waals surface area contributed by atoms with Gasteiger partial charge in [-0.15, -0.1) is 0 Å². The van der Waals surface area contributed by atoms with Crippen LogP contribution in [0.2, 0.25) is 0 Å². The minimum Gasteiger partial charge on any atom is -0.508 e. The first-order chi connectivity index (χ1) is 15.6. The number of hydrogen-bond acceptors (Lipinski definition) is 11. The summed E-state index contributed by atoms with van der Waals surface area (Å²) in [5.41, 5.74) is 1.14. The molecular weight excluding hydrogens is 456 g/mol. The number of sulfonamides is 1. The second-order valence-corrected chi connectivity index (χ2v) is 9.47. The molecule has 13 nitrogen and oxygen atoms in total. The number of benzene rings is 1. The lowest BCUT2D eigenvalue weighted by molar-refractivity contribution is -0.0353. The van der Waals surface area contributed by atoms with Crippen LogP contribution in [0.3, 0.4) is 0 Å². The van der Waals surface area contributed by atoms with Crippen molar-refractivity contribution in [3.05, 3.63) is 42.5 Å². The Morgan fingerprint density at radius 3 is 2.73 bits per heavy atom. The van der Waals surface area contributed by atoms with Crippen molar-refractivity contribution in [2.24, 2.45) is 5.14 Å². The van der Waals surface area contributed by atoms with E-state index in [2.05, 4.69) is 20.3 Å². The Kier molecular flexibility index (Phi) is 6.47. The number of fused-ring (bicyclic) bond motifs is 1. The van der Waals surface area contributed by atoms with Gasteiger partial charge in [-0.1, -0.05) is 12.1 Å². The summed E-state index contributed by atoms with van der Waals surface area (Å²) in [5, 5.41) is 48.7. The maximum absolute atomic E-state index is 11.2. The number of nitrogens with two attached hydrogens (primary N) is 1.